The first-order chi connectivity index (χ1) is 10.0. The molecule has 0 radical (unpaired) electrons. The summed E-state index contributed by atoms with van der Waals surface area (Å²) in [5.41, 5.74) is 4.43. The first kappa shape index (κ1) is 13.6. The van der Waals surface area contributed by atoms with E-state index < -0.39 is 0 Å². The largest absolute Gasteiger partial charge is 0.347 e. The van der Waals surface area contributed by atoms with E-state index in [1.54, 1.807) is 12.2 Å². The monoisotopic (exact) mass is 277 g/mol. The van der Waals surface area contributed by atoms with Gasteiger partial charge in [0.2, 0.25) is 0 Å². The van der Waals surface area contributed by atoms with E-state index in [0.717, 1.165) is 5.57 Å². The van der Waals surface area contributed by atoms with Crippen molar-refractivity contribution in [3.8, 4) is 0 Å². The van der Waals surface area contributed by atoms with Crippen molar-refractivity contribution in [2.24, 2.45) is 0 Å². The second-order valence-electron chi connectivity index (χ2n) is 5.96. The van der Waals surface area contributed by atoms with Crippen LogP contribution in [-0.4, -0.2) is 12.8 Å². The maximum atomic E-state index is 11.8. The molecule has 1 aliphatic carbocycles. The Balaban J connectivity index is 2.02. The fourth-order valence-electron chi connectivity index (χ4n) is 3.09. The molecule has 1 aliphatic heterocycles. The number of para-hydroxylation sites is 1. The number of allylic oxidation sites excluding steroid dienone is 8. The number of benzene rings is 1. The lowest BCUT2D eigenvalue weighted by atomic mass is 9.83. The van der Waals surface area contributed by atoms with Crippen LogP contribution < -0.4 is 4.90 Å². The lowest BCUT2D eigenvalue weighted by molar-refractivity contribution is -0.111. The summed E-state index contributed by atoms with van der Waals surface area (Å²) in [5.74, 6) is 0.0605. The SMILES string of the molecule is CN1C(=CC=C2C=CC=CC2=O)C(C)(C)c2ccccc21. The predicted octanol–water partition coefficient (Wildman–Crippen LogP) is 3.92. The molecule has 0 saturated heterocycles. The Labute approximate surface area is 125 Å². The normalized spacial score (nSPS) is 23.2. The van der Waals surface area contributed by atoms with E-state index in [0.29, 0.717) is 0 Å². The molecule has 0 aromatic heterocycles. The van der Waals surface area contributed by atoms with Crippen molar-refractivity contribution in [3.63, 3.8) is 0 Å². The predicted molar refractivity (Wildman–Crippen MR) is 87.3 cm³/mol. The van der Waals surface area contributed by atoms with Gasteiger partial charge in [-0.05, 0) is 29.9 Å². The Bertz CT molecular complexity index is 717. The van der Waals surface area contributed by atoms with Crippen LogP contribution in [0.5, 0.6) is 0 Å². The Morgan fingerprint density at radius 1 is 1.05 bits per heavy atom. The van der Waals surface area contributed by atoms with Crippen LogP contribution in [-0.2, 0) is 10.2 Å². The van der Waals surface area contributed by atoms with Gasteiger partial charge in [-0.2, -0.15) is 0 Å². The molecule has 0 saturated carbocycles. The van der Waals surface area contributed by atoms with Crippen molar-refractivity contribution in [1.82, 2.24) is 0 Å². The van der Waals surface area contributed by atoms with Crippen LogP contribution in [0.15, 0.2) is 72.0 Å². The van der Waals surface area contributed by atoms with Crippen LogP contribution in [0.25, 0.3) is 0 Å². The molecule has 1 aromatic rings. The fraction of sp³-hybridized carbons (Fsp3) is 0.211. The van der Waals surface area contributed by atoms with E-state index in [1.807, 2.05) is 18.2 Å². The van der Waals surface area contributed by atoms with Gasteiger partial charge < -0.3 is 4.90 Å². The number of carbonyl (C=O) groups excluding carboxylic acids is 1. The molecule has 0 amide bonds. The number of hydrogen-bond donors (Lipinski definition) is 0. The number of carbonyl (C=O) groups is 1. The number of hydrogen-bond acceptors (Lipinski definition) is 2. The van der Waals surface area contributed by atoms with E-state index in [1.165, 1.54) is 16.9 Å². The van der Waals surface area contributed by atoms with Gasteiger partial charge in [0.25, 0.3) is 0 Å². The molecule has 0 fully saturated rings. The molecule has 2 aliphatic rings. The second kappa shape index (κ2) is 4.88. The topological polar surface area (TPSA) is 20.3 Å². The standard InChI is InChI=1S/C19H19NO/c1-19(2)15-9-5-6-10-16(15)20(3)18(19)13-12-14-8-4-7-11-17(14)21/h4-13H,1-3H3. The summed E-state index contributed by atoms with van der Waals surface area (Å²) in [5, 5.41) is 0. The highest BCUT2D eigenvalue weighted by atomic mass is 16.1. The average Bonchev–Trinajstić information content (AvgIpc) is 2.67. The first-order valence-corrected chi connectivity index (χ1v) is 7.16. The lowest BCUT2D eigenvalue weighted by Crippen LogP contribution is -2.22. The zero-order chi connectivity index (χ0) is 15.0. The lowest BCUT2D eigenvalue weighted by Gasteiger charge is -2.23. The molecular weight excluding hydrogens is 258 g/mol. The molecule has 0 N–H and O–H groups in total. The molecule has 2 nitrogen and oxygen atoms in total. The van der Waals surface area contributed by atoms with Crippen LogP contribution >= 0.6 is 0 Å². The number of fused-ring (bicyclic) bond motifs is 1. The molecule has 21 heavy (non-hydrogen) atoms. The number of ketones is 1. The quantitative estimate of drug-likeness (QED) is 0.725. The van der Waals surface area contributed by atoms with Gasteiger partial charge in [0.05, 0.1) is 0 Å². The van der Waals surface area contributed by atoms with Crippen LogP contribution in [0.3, 0.4) is 0 Å². The minimum atomic E-state index is -0.0559. The average molecular weight is 277 g/mol. The maximum absolute atomic E-state index is 11.8. The highest BCUT2D eigenvalue weighted by Gasteiger charge is 2.37. The summed E-state index contributed by atoms with van der Waals surface area (Å²) in [4.78, 5) is 14.0. The molecule has 0 bridgehead atoms. The molecular formula is C19H19NO. The van der Waals surface area contributed by atoms with Gasteiger partial charge in [-0.3, -0.25) is 4.79 Å². The summed E-state index contributed by atoms with van der Waals surface area (Å²) in [7, 11) is 2.08. The van der Waals surface area contributed by atoms with Crippen LogP contribution in [0.2, 0.25) is 0 Å². The van der Waals surface area contributed by atoms with E-state index >= 15 is 0 Å². The molecule has 2 heteroatoms. The minimum Gasteiger partial charge on any atom is -0.347 e. The minimum absolute atomic E-state index is 0.0559. The molecule has 0 unspecified atom stereocenters. The number of rotatable bonds is 1. The smallest absolute Gasteiger partial charge is 0.185 e. The van der Waals surface area contributed by atoms with Crippen molar-refractivity contribution in [1.29, 1.82) is 0 Å². The molecule has 0 spiro atoms. The Kier molecular flexibility index (Phi) is 3.17. The van der Waals surface area contributed by atoms with Crippen molar-refractivity contribution in [2.45, 2.75) is 19.3 Å². The number of likely N-dealkylation sites (N-methyl/N-ethyl adjacent to an activating group) is 1. The van der Waals surface area contributed by atoms with Gasteiger partial charge in [0, 0.05) is 29.4 Å². The van der Waals surface area contributed by atoms with Crippen molar-refractivity contribution >= 4 is 11.5 Å². The van der Waals surface area contributed by atoms with E-state index in [2.05, 4.69) is 56.1 Å². The Morgan fingerprint density at radius 2 is 1.76 bits per heavy atom. The summed E-state index contributed by atoms with van der Waals surface area (Å²) in [6, 6.07) is 8.45. The molecule has 3 rings (SSSR count). The van der Waals surface area contributed by atoms with Crippen LogP contribution in [0.4, 0.5) is 5.69 Å². The molecule has 0 atom stereocenters. The van der Waals surface area contributed by atoms with Crippen molar-refractivity contribution in [3.05, 3.63) is 77.6 Å². The summed E-state index contributed by atoms with van der Waals surface area (Å²) < 4.78 is 0. The summed E-state index contributed by atoms with van der Waals surface area (Å²) >= 11 is 0. The zero-order valence-corrected chi connectivity index (χ0v) is 12.6. The fourth-order valence-corrected chi connectivity index (χ4v) is 3.09. The van der Waals surface area contributed by atoms with Gasteiger partial charge in [0.1, 0.15) is 0 Å². The highest BCUT2D eigenvalue weighted by Crippen LogP contribution is 2.46. The maximum Gasteiger partial charge on any atom is 0.185 e. The zero-order valence-electron chi connectivity index (χ0n) is 12.6. The third kappa shape index (κ3) is 2.17. The summed E-state index contributed by atoms with van der Waals surface area (Å²) in [6.07, 6.45) is 11.1. The number of anilines is 1. The van der Waals surface area contributed by atoms with E-state index in [-0.39, 0.29) is 11.2 Å². The third-order valence-electron chi connectivity index (χ3n) is 4.28. The van der Waals surface area contributed by atoms with Gasteiger partial charge in [-0.15, -0.1) is 0 Å². The number of nitrogens with zero attached hydrogens (tertiary/aromatic N) is 1. The summed E-state index contributed by atoms with van der Waals surface area (Å²) in [6.45, 7) is 4.44. The van der Waals surface area contributed by atoms with Gasteiger partial charge in [-0.1, -0.05) is 50.3 Å². The Morgan fingerprint density at radius 3 is 2.48 bits per heavy atom. The molecule has 1 aromatic carbocycles. The highest BCUT2D eigenvalue weighted by molar-refractivity contribution is 6.07. The van der Waals surface area contributed by atoms with Gasteiger partial charge >= 0.3 is 0 Å². The molecule has 1 heterocycles. The van der Waals surface area contributed by atoms with E-state index in [9.17, 15) is 4.79 Å². The van der Waals surface area contributed by atoms with Crippen molar-refractivity contribution in [2.75, 3.05) is 11.9 Å². The van der Waals surface area contributed by atoms with Crippen LogP contribution in [0, 0.1) is 0 Å². The van der Waals surface area contributed by atoms with E-state index in [4.69, 9.17) is 0 Å². The first-order valence-electron chi connectivity index (χ1n) is 7.16. The van der Waals surface area contributed by atoms with Crippen molar-refractivity contribution < 1.29 is 4.79 Å². The van der Waals surface area contributed by atoms with Gasteiger partial charge in [-0.25, -0.2) is 0 Å². The molecule has 106 valence electrons. The van der Waals surface area contributed by atoms with Crippen LogP contribution in [0.1, 0.15) is 19.4 Å². The van der Waals surface area contributed by atoms with Gasteiger partial charge in [0.15, 0.2) is 5.78 Å². The second-order valence-corrected chi connectivity index (χ2v) is 5.96. The Hall–Kier alpha value is -2.35. The third-order valence-corrected chi connectivity index (χ3v) is 4.28.